The van der Waals surface area contributed by atoms with Gasteiger partial charge in [-0.05, 0) is 25.5 Å². The fourth-order valence-electron chi connectivity index (χ4n) is 1.42. The van der Waals surface area contributed by atoms with Crippen LogP contribution in [0.1, 0.15) is 12.5 Å². The quantitative estimate of drug-likeness (QED) is 0.816. The van der Waals surface area contributed by atoms with E-state index >= 15 is 0 Å². The predicted molar refractivity (Wildman–Crippen MR) is 66.2 cm³/mol. The molecule has 4 heteroatoms. The zero-order chi connectivity index (χ0) is 12.7. The Labute approximate surface area is 102 Å². The van der Waals surface area contributed by atoms with Crippen molar-refractivity contribution in [1.82, 2.24) is 5.32 Å². The van der Waals surface area contributed by atoms with Crippen LogP contribution in [0.2, 0.25) is 0 Å². The average Bonchev–Trinajstić information content (AvgIpc) is 2.28. The van der Waals surface area contributed by atoms with Crippen molar-refractivity contribution in [1.29, 1.82) is 0 Å². The van der Waals surface area contributed by atoms with Crippen LogP contribution in [0.3, 0.4) is 0 Å². The fourth-order valence-corrected chi connectivity index (χ4v) is 1.42. The van der Waals surface area contributed by atoms with E-state index in [1.165, 1.54) is 7.11 Å². The van der Waals surface area contributed by atoms with E-state index in [4.69, 9.17) is 9.47 Å². The second kappa shape index (κ2) is 6.91. The monoisotopic (exact) mass is 237 g/mol. The summed E-state index contributed by atoms with van der Waals surface area (Å²) < 4.78 is 10.4. The van der Waals surface area contributed by atoms with Gasteiger partial charge in [-0.2, -0.15) is 0 Å². The standard InChI is InChI=1S/C13H19NO3/c1-10-6-4-5-7-12(10)17-8-11(2)14-13(15)9-16-3/h4-7,11H,8-9H2,1-3H3,(H,14,15)/t11-/m0/s1. The number of amides is 1. The van der Waals surface area contributed by atoms with Gasteiger partial charge < -0.3 is 14.8 Å². The van der Waals surface area contributed by atoms with E-state index in [2.05, 4.69) is 5.32 Å². The maximum Gasteiger partial charge on any atom is 0.246 e. The normalized spacial score (nSPS) is 11.9. The molecule has 1 aromatic carbocycles. The molecule has 0 saturated heterocycles. The number of rotatable bonds is 6. The summed E-state index contributed by atoms with van der Waals surface area (Å²) in [7, 11) is 1.49. The lowest BCUT2D eigenvalue weighted by Gasteiger charge is -2.15. The lowest BCUT2D eigenvalue weighted by molar-refractivity contribution is -0.125. The number of carbonyl (C=O) groups is 1. The van der Waals surface area contributed by atoms with Crippen LogP contribution in [0.5, 0.6) is 5.75 Å². The number of hydrogen-bond acceptors (Lipinski definition) is 3. The van der Waals surface area contributed by atoms with E-state index in [-0.39, 0.29) is 18.6 Å². The summed E-state index contributed by atoms with van der Waals surface area (Å²) in [6, 6.07) is 7.75. The van der Waals surface area contributed by atoms with Crippen LogP contribution in [0.15, 0.2) is 24.3 Å². The number of methoxy groups -OCH3 is 1. The Balaban J connectivity index is 2.35. The average molecular weight is 237 g/mol. The smallest absolute Gasteiger partial charge is 0.246 e. The van der Waals surface area contributed by atoms with Gasteiger partial charge in [0.05, 0.1) is 6.04 Å². The maximum absolute atomic E-state index is 11.2. The number of ether oxygens (including phenoxy) is 2. The molecule has 1 aromatic rings. The molecule has 17 heavy (non-hydrogen) atoms. The second-order valence-corrected chi connectivity index (χ2v) is 3.98. The first-order valence-electron chi connectivity index (χ1n) is 5.60. The molecule has 0 heterocycles. The molecule has 1 N–H and O–H groups in total. The third-order valence-electron chi connectivity index (χ3n) is 2.27. The SMILES string of the molecule is COCC(=O)N[C@@H](C)COc1ccccc1C. The highest BCUT2D eigenvalue weighted by atomic mass is 16.5. The van der Waals surface area contributed by atoms with Crippen LogP contribution < -0.4 is 10.1 Å². The van der Waals surface area contributed by atoms with Gasteiger partial charge in [-0.25, -0.2) is 0 Å². The van der Waals surface area contributed by atoms with Gasteiger partial charge in [0.25, 0.3) is 0 Å². The van der Waals surface area contributed by atoms with E-state index in [0.29, 0.717) is 6.61 Å². The Morgan fingerprint density at radius 2 is 2.12 bits per heavy atom. The molecular formula is C13H19NO3. The summed E-state index contributed by atoms with van der Waals surface area (Å²) in [5.74, 6) is 0.716. The molecule has 0 aliphatic carbocycles. The summed E-state index contributed by atoms with van der Waals surface area (Å²) in [5.41, 5.74) is 1.09. The van der Waals surface area contributed by atoms with Gasteiger partial charge in [0.2, 0.25) is 5.91 Å². The summed E-state index contributed by atoms with van der Waals surface area (Å²) in [6.45, 7) is 4.41. The highest BCUT2D eigenvalue weighted by Crippen LogP contribution is 2.16. The lowest BCUT2D eigenvalue weighted by Crippen LogP contribution is -2.38. The molecule has 1 atom stereocenters. The third kappa shape index (κ3) is 4.87. The molecule has 0 aromatic heterocycles. The zero-order valence-electron chi connectivity index (χ0n) is 10.5. The molecule has 0 spiro atoms. The van der Waals surface area contributed by atoms with Crippen molar-refractivity contribution in [3.05, 3.63) is 29.8 Å². The van der Waals surface area contributed by atoms with Gasteiger partial charge in [0, 0.05) is 7.11 Å². The zero-order valence-corrected chi connectivity index (χ0v) is 10.5. The molecular weight excluding hydrogens is 218 g/mol. The molecule has 0 unspecified atom stereocenters. The summed E-state index contributed by atoms with van der Waals surface area (Å²) in [6.07, 6.45) is 0. The van der Waals surface area contributed by atoms with Crippen LogP contribution in [0, 0.1) is 6.92 Å². The Kier molecular flexibility index (Phi) is 5.49. The van der Waals surface area contributed by atoms with Crippen LogP contribution in [0.4, 0.5) is 0 Å². The first-order valence-corrected chi connectivity index (χ1v) is 5.60. The van der Waals surface area contributed by atoms with Gasteiger partial charge in [-0.15, -0.1) is 0 Å². The minimum absolute atomic E-state index is 0.0442. The molecule has 94 valence electrons. The Morgan fingerprint density at radius 1 is 1.41 bits per heavy atom. The Morgan fingerprint density at radius 3 is 2.76 bits per heavy atom. The fraction of sp³-hybridized carbons (Fsp3) is 0.462. The summed E-state index contributed by atoms with van der Waals surface area (Å²) in [4.78, 5) is 11.2. The van der Waals surface area contributed by atoms with Crippen LogP contribution in [0.25, 0.3) is 0 Å². The highest BCUT2D eigenvalue weighted by Gasteiger charge is 2.08. The largest absolute Gasteiger partial charge is 0.491 e. The van der Waals surface area contributed by atoms with E-state index in [1.54, 1.807) is 0 Å². The topological polar surface area (TPSA) is 47.6 Å². The number of benzene rings is 1. The van der Waals surface area contributed by atoms with Crippen LogP contribution >= 0.6 is 0 Å². The molecule has 0 aliphatic rings. The van der Waals surface area contributed by atoms with Crippen molar-refractivity contribution in [2.75, 3.05) is 20.3 Å². The van der Waals surface area contributed by atoms with Crippen molar-refractivity contribution >= 4 is 5.91 Å². The van der Waals surface area contributed by atoms with Gasteiger partial charge in [-0.1, -0.05) is 18.2 Å². The molecule has 0 radical (unpaired) electrons. The molecule has 0 aliphatic heterocycles. The van der Waals surface area contributed by atoms with Crippen LogP contribution in [-0.4, -0.2) is 32.3 Å². The lowest BCUT2D eigenvalue weighted by atomic mass is 10.2. The van der Waals surface area contributed by atoms with Crippen molar-refractivity contribution in [3.8, 4) is 5.75 Å². The van der Waals surface area contributed by atoms with Crippen molar-refractivity contribution in [3.63, 3.8) is 0 Å². The number of nitrogens with one attached hydrogen (secondary N) is 1. The number of hydrogen-bond donors (Lipinski definition) is 1. The van der Waals surface area contributed by atoms with Crippen molar-refractivity contribution in [2.45, 2.75) is 19.9 Å². The molecule has 4 nitrogen and oxygen atoms in total. The predicted octanol–water partition coefficient (Wildman–Crippen LogP) is 1.52. The van der Waals surface area contributed by atoms with Gasteiger partial charge in [-0.3, -0.25) is 4.79 Å². The minimum Gasteiger partial charge on any atom is -0.491 e. The van der Waals surface area contributed by atoms with Crippen molar-refractivity contribution in [2.24, 2.45) is 0 Å². The van der Waals surface area contributed by atoms with Crippen LogP contribution in [-0.2, 0) is 9.53 Å². The van der Waals surface area contributed by atoms with E-state index in [0.717, 1.165) is 11.3 Å². The maximum atomic E-state index is 11.2. The summed E-state index contributed by atoms with van der Waals surface area (Å²) >= 11 is 0. The van der Waals surface area contributed by atoms with E-state index < -0.39 is 0 Å². The Hall–Kier alpha value is -1.55. The highest BCUT2D eigenvalue weighted by molar-refractivity contribution is 5.77. The molecule has 0 bridgehead atoms. The van der Waals surface area contributed by atoms with Gasteiger partial charge in [0.15, 0.2) is 0 Å². The Bertz CT molecular complexity index is 365. The molecule has 0 saturated carbocycles. The molecule has 0 fully saturated rings. The number of carbonyl (C=O) groups excluding carboxylic acids is 1. The van der Waals surface area contributed by atoms with Crippen molar-refractivity contribution < 1.29 is 14.3 Å². The second-order valence-electron chi connectivity index (χ2n) is 3.98. The number of para-hydroxylation sites is 1. The third-order valence-corrected chi connectivity index (χ3v) is 2.27. The van der Waals surface area contributed by atoms with Gasteiger partial charge in [0.1, 0.15) is 19.0 Å². The van der Waals surface area contributed by atoms with E-state index in [1.807, 2.05) is 38.1 Å². The molecule has 1 amide bonds. The first kappa shape index (κ1) is 13.5. The van der Waals surface area contributed by atoms with Gasteiger partial charge >= 0.3 is 0 Å². The van der Waals surface area contributed by atoms with E-state index in [9.17, 15) is 4.79 Å². The minimum atomic E-state index is -0.131. The first-order chi connectivity index (χ1) is 8.13. The number of aryl methyl sites for hydroxylation is 1. The molecule has 1 rings (SSSR count). The summed E-state index contributed by atoms with van der Waals surface area (Å²) in [5, 5.41) is 2.78.